The Morgan fingerprint density at radius 1 is 1.50 bits per heavy atom. The zero-order valence-electron chi connectivity index (χ0n) is 11.9. The molecule has 122 valence electrons. The number of carbonyl (C=O) groups is 2. The maximum absolute atomic E-state index is 13.6. The molecule has 0 aliphatic heterocycles. The standard InChI is InChI=1S/C13H15ClF2N2O4/c1-3-22-12(20)13(15,16)11(19)18-9(7-21-2)8-4-5-17-10(14)6-8/h4-6,9H,3,7H2,1-2H3,(H,18,19)/t9-/m1/s1. The smallest absolute Gasteiger partial charge is 0.418 e. The summed E-state index contributed by atoms with van der Waals surface area (Å²) in [5, 5.41) is 2.17. The molecule has 0 aliphatic rings. The van der Waals surface area contributed by atoms with Gasteiger partial charge in [-0.25, -0.2) is 9.78 Å². The highest BCUT2D eigenvalue weighted by molar-refractivity contribution is 6.29. The monoisotopic (exact) mass is 336 g/mol. The van der Waals surface area contributed by atoms with Crippen molar-refractivity contribution in [2.45, 2.75) is 18.9 Å². The first kappa shape index (κ1) is 18.2. The summed E-state index contributed by atoms with van der Waals surface area (Å²) in [6.07, 6.45) is 1.36. The van der Waals surface area contributed by atoms with Crippen molar-refractivity contribution in [1.82, 2.24) is 10.3 Å². The largest absolute Gasteiger partial charge is 0.461 e. The number of carbonyl (C=O) groups excluding carboxylic acids is 2. The summed E-state index contributed by atoms with van der Waals surface area (Å²) >= 11 is 5.72. The predicted molar refractivity (Wildman–Crippen MR) is 73.6 cm³/mol. The highest BCUT2D eigenvalue weighted by atomic mass is 35.5. The van der Waals surface area contributed by atoms with Gasteiger partial charge in [0.15, 0.2) is 0 Å². The minimum absolute atomic E-state index is 0.0923. The van der Waals surface area contributed by atoms with Crippen molar-refractivity contribution in [1.29, 1.82) is 0 Å². The number of nitrogens with zero attached hydrogens (tertiary/aromatic N) is 1. The van der Waals surface area contributed by atoms with E-state index >= 15 is 0 Å². The lowest BCUT2D eigenvalue weighted by atomic mass is 10.1. The Hall–Kier alpha value is -1.80. The van der Waals surface area contributed by atoms with Gasteiger partial charge in [-0.05, 0) is 24.6 Å². The Labute approximate surface area is 130 Å². The summed E-state index contributed by atoms with van der Waals surface area (Å²) in [5.41, 5.74) is 0.412. The zero-order chi connectivity index (χ0) is 16.8. The molecule has 1 aromatic heterocycles. The molecule has 0 saturated heterocycles. The molecule has 0 unspecified atom stereocenters. The maximum Gasteiger partial charge on any atom is 0.418 e. The number of amides is 1. The van der Waals surface area contributed by atoms with Crippen LogP contribution in [0.15, 0.2) is 18.3 Å². The van der Waals surface area contributed by atoms with Gasteiger partial charge in [0.1, 0.15) is 5.15 Å². The summed E-state index contributed by atoms with van der Waals surface area (Å²) in [6.45, 7) is 1.01. The van der Waals surface area contributed by atoms with Crippen LogP contribution < -0.4 is 5.32 Å². The molecule has 1 aromatic rings. The lowest BCUT2D eigenvalue weighted by molar-refractivity contribution is -0.178. The lowest BCUT2D eigenvalue weighted by Gasteiger charge is -2.21. The van der Waals surface area contributed by atoms with E-state index in [2.05, 4.69) is 9.72 Å². The number of pyridine rings is 1. The van der Waals surface area contributed by atoms with Crippen LogP contribution in [-0.4, -0.2) is 43.1 Å². The molecule has 0 aromatic carbocycles. The number of esters is 1. The first-order valence-electron chi connectivity index (χ1n) is 6.29. The summed E-state index contributed by atoms with van der Waals surface area (Å²) in [7, 11) is 1.34. The molecule has 0 aliphatic carbocycles. The summed E-state index contributed by atoms with van der Waals surface area (Å²) < 4.78 is 36.3. The van der Waals surface area contributed by atoms with Crippen molar-refractivity contribution in [3.63, 3.8) is 0 Å². The van der Waals surface area contributed by atoms with Gasteiger partial charge in [-0.3, -0.25) is 4.79 Å². The SMILES string of the molecule is CCOC(=O)C(F)(F)C(=O)N[C@H](COC)c1ccnc(Cl)c1. The fourth-order valence-electron chi connectivity index (χ4n) is 1.59. The van der Waals surface area contributed by atoms with Gasteiger partial charge in [-0.2, -0.15) is 8.78 Å². The summed E-state index contributed by atoms with van der Waals surface area (Å²) in [6, 6.07) is 1.96. The van der Waals surface area contributed by atoms with E-state index in [0.717, 1.165) is 0 Å². The Kier molecular flexibility index (Phi) is 6.63. The third-order valence-corrected chi connectivity index (χ3v) is 2.82. The number of nitrogens with one attached hydrogen (secondary N) is 1. The molecule has 0 saturated carbocycles. The maximum atomic E-state index is 13.6. The molecule has 9 heteroatoms. The van der Waals surface area contributed by atoms with E-state index in [-0.39, 0.29) is 18.4 Å². The van der Waals surface area contributed by atoms with Crippen LogP contribution in [0.25, 0.3) is 0 Å². The molecule has 0 fully saturated rings. The van der Waals surface area contributed by atoms with E-state index in [0.29, 0.717) is 5.56 Å². The minimum Gasteiger partial charge on any atom is -0.461 e. The number of methoxy groups -OCH3 is 1. The van der Waals surface area contributed by atoms with Crippen molar-refractivity contribution in [3.8, 4) is 0 Å². The number of rotatable bonds is 7. The predicted octanol–water partition coefficient (Wildman–Crippen LogP) is 1.74. The molecule has 1 N–H and O–H groups in total. The number of hydrogen-bond acceptors (Lipinski definition) is 5. The summed E-state index contributed by atoms with van der Waals surface area (Å²) in [4.78, 5) is 26.6. The molecule has 6 nitrogen and oxygen atoms in total. The first-order chi connectivity index (χ1) is 10.3. The first-order valence-corrected chi connectivity index (χ1v) is 6.67. The highest BCUT2D eigenvalue weighted by Gasteiger charge is 2.49. The zero-order valence-corrected chi connectivity index (χ0v) is 12.7. The van der Waals surface area contributed by atoms with Gasteiger partial charge < -0.3 is 14.8 Å². The Bertz CT molecular complexity index is 543. The number of alkyl halides is 2. The fraction of sp³-hybridized carbons (Fsp3) is 0.462. The highest BCUT2D eigenvalue weighted by Crippen LogP contribution is 2.21. The molecule has 1 rings (SSSR count). The molecule has 0 spiro atoms. The molecular formula is C13H15ClF2N2O4. The summed E-state index contributed by atoms with van der Waals surface area (Å²) in [5.74, 6) is -7.98. The van der Waals surface area contributed by atoms with Crippen LogP contribution in [-0.2, 0) is 19.1 Å². The number of ether oxygens (including phenoxy) is 2. The van der Waals surface area contributed by atoms with E-state index < -0.39 is 23.8 Å². The molecule has 1 amide bonds. The van der Waals surface area contributed by atoms with E-state index in [1.54, 1.807) is 0 Å². The Morgan fingerprint density at radius 2 is 2.18 bits per heavy atom. The fourth-order valence-corrected chi connectivity index (χ4v) is 1.77. The van der Waals surface area contributed by atoms with Crippen LogP contribution in [0.4, 0.5) is 8.78 Å². The number of hydrogen-bond donors (Lipinski definition) is 1. The molecule has 0 radical (unpaired) electrons. The van der Waals surface area contributed by atoms with Crippen LogP contribution in [0.3, 0.4) is 0 Å². The normalized spacial score (nSPS) is 12.6. The van der Waals surface area contributed by atoms with Crippen LogP contribution in [0, 0.1) is 0 Å². The van der Waals surface area contributed by atoms with Gasteiger partial charge in [-0.1, -0.05) is 11.6 Å². The van der Waals surface area contributed by atoms with E-state index in [1.807, 2.05) is 5.32 Å². The third kappa shape index (κ3) is 4.60. The van der Waals surface area contributed by atoms with Crippen molar-refractivity contribution in [2.24, 2.45) is 0 Å². The van der Waals surface area contributed by atoms with Crippen LogP contribution in [0.1, 0.15) is 18.5 Å². The third-order valence-electron chi connectivity index (χ3n) is 2.61. The van der Waals surface area contributed by atoms with Crippen LogP contribution in [0.5, 0.6) is 0 Å². The second kappa shape index (κ2) is 8.00. The van der Waals surface area contributed by atoms with Crippen molar-refractivity contribution in [3.05, 3.63) is 29.0 Å². The van der Waals surface area contributed by atoms with Crippen LogP contribution in [0.2, 0.25) is 5.15 Å². The van der Waals surface area contributed by atoms with Crippen molar-refractivity contribution >= 4 is 23.5 Å². The Balaban J connectivity index is 2.91. The van der Waals surface area contributed by atoms with Crippen molar-refractivity contribution in [2.75, 3.05) is 20.3 Å². The Morgan fingerprint density at radius 3 is 2.73 bits per heavy atom. The van der Waals surface area contributed by atoms with Crippen molar-refractivity contribution < 1.29 is 27.8 Å². The van der Waals surface area contributed by atoms with Gasteiger partial charge in [-0.15, -0.1) is 0 Å². The second-order valence-corrected chi connectivity index (χ2v) is 4.58. The van der Waals surface area contributed by atoms with E-state index in [9.17, 15) is 18.4 Å². The van der Waals surface area contributed by atoms with E-state index in [4.69, 9.17) is 16.3 Å². The quantitative estimate of drug-likeness (QED) is 0.466. The van der Waals surface area contributed by atoms with E-state index in [1.165, 1.54) is 32.4 Å². The average molecular weight is 337 g/mol. The molecule has 0 bridgehead atoms. The number of halogens is 3. The lowest BCUT2D eigenvalue weighted by Crippen LogP contribution is -2.48. The van der Waals surface area contributed by atoms with Crippen LogP contribution >= 0.6 is 11.6 Å². The molecular weight excluding hydrogens is 322 g/mol. The average Bonchev–Trinajstić information content (AvgIpc) is 2.46. The molecule has 1 atom stereocenters. The topological polar surface area (TPSA) is 77.5 Å². The number of aromatic nitrogens is 1. The molecule has 1 heterocycles. The molecule has 22 heavy (non-hydrogen) atoms. The minimum atomic E-state index is -4.29. The van der Waals surface area contributed by atoms with Gasteiger partial charge in [0, 0.05) is 13.3 Å². The van der Waals surface area contributed by atoms with Gasteiger partial charge in [0.2, 0.25) is 0 Å². The van der Waals surface area contributed by atoms with Gasteiger partial charge >= 0.3 is 17.8 Å². The van der Waals surface area contributed by atoms with Gasteiger partial charge in [0.25, 0.3) is 0 Å². The second-order valence-electron chi connectivity index (χ2n) is 4.19. The van der Waals surface area contributed by atoms with Gasteiger partial charge in [0.05, 0.1) is 19.3 Å².